The van der Waals surface area contributed by atoms with Crippen LogP contribution in [0.5, 0.6) is 11.5 Å². The predicted molar refractivity (Wildman–Crippen MR) is 115 cm³/mol. The van der Waals surface area contributed by atoms with E-state index >= 15 is 0 Å². The van der Waals surface area contributed by atoms with Crippen molar-refractivity contribution < 1.29 is 14.3 Å². The number of nitrogens with one attached hydrogen (secondary N) is 1. The number of hydrogen-bond donors (Lipinski definition) is 1. The summed E-state index contributed by atoms with van der Waals surface area (Å²) in [6.07, 6.45) is 0.190. The van der Waals surface area contributed by atoms with E-state index < -0.39 is 0 Å². The van der Waals surface area contributed by atoms with Crippen LogP contribution in [0.15, 0.2) is 60.7 Å². The molecule has 0 aliphatic rings. The number of hydrogen-bond acceptors (Lipinski definition) is 5. The Morgan fingerprint density at radius 1 is 1.00 bits per heavy atom. The molecule has 30 heavy (non-hydrogen) atoms. The molecule has 0 bridgehead atoms. The van der Waals surface area contributed by atoms with Gasteiger partial charge in [0.25, 0.3) is 0 Å². The number of nitrogens with zero attached hydrogens (tertiary/aromatic N) is 3. The summed E-state index contributed by atoms with van der Waals surface area (Å²) in [4.78, 5) is 17.4. The summed E-state index contributed by atoms with van der Waals surface area (Å²) in [5, 5.41) is 8.49. The Kier molecular flexibility index (Phi) is 5.34. The van der Waals surface area contributed by atoms with Crippen molar-refractivity contribution in [1.82, 2.24) is 14.8 Å². The first kappa shape index (κ1) is 19.4. The highest BCUT2D eigenvalue weighted by molar-refractivity contribution is 5.92. The third kappa shape index (κ3) is 3.96. The lowest BCUT2D eigenvalue weighted by Gasteiger charge is -2.11. The van der Waals surface area contributed by atoms with Crippen molar-refractivity contribution >= 4 is 22.6 Å². The van der Waals surface area contributed by atoms with Crippen LogP contribution >= 0.6 is 0 Å². The van der Waals surface area contributed by atoms with Crippen LogP contribution in [0.2, 0.25) is 0 Å². The zero-order valence-electron chi connectivity index (χ0n) is 17.0. The Labute approximate surface area is 174 Å². The van der Waals surface area contributed by atoms with E-state index in [4.69, 9.17) is 9.47 Å². The minimum absolute atomic E-state index is 0.163. The van der Waals surface area contributed by atoms with E-state index in [0.29, 0.717) is 23.1 Å². The smallest absolute Gasteiger partial charge is 0.229 e. The van der Waals surface area contributed by atoms with E-state index in [-0.39, 0.29) is 12.3 Å². The van der Waals surface area contributed by atoms with Crippen LogP contribution in [0.4, 0.5) is 5.82 Å². The predicted octanol–water partition coefficient (Wildman–Crippen LogP) is 3.93. The molecule has 2 aromatic carbocycles. The Bertz CT molecular complexity index is 1220. The third-order valence-corrected chi connectivity index (χ3v) is 4.71. The molecule has 0 radical (unpaired) electrons. The molecule has 0 aliphatic heterocycles. The lowest BCUT2D eigenvalue weighted by Crippen LogP contribution is -2.17. The number of anilines is 1. The summed E-state index contributed by atoms with van der Waals surface area (Å²) in [6, 6.07) is 19.0. The first-order chi connectivity index (χ1) is 14.6. The van der Waals surface area contributed by atoms with Crippen molar-refractivity contribution in [3.63, 3.8) is 0 Å². The van der Waals surface area contributed by atoms with Crippen LogP contribution in [0, 0.1) is 6.92 Å². The standard InChI is InChI=1S/C23H22N4O3/c1-15-12-22(25-23(28)14-16-8-10-19(29-2)20(13-16)30-3)27(26-15)21-11-9-17-6-4-5-7-18(17)24-21/h4-13H,14H2,1-3H3,(H,25,28). The highest BCUT2D eigenvalue weighted by Gasteiger charge is 2.14. The van der Waals surface area contributed by atoms with Gasteiger partial charge in [0.2, 0.25) is 5.91 Å². The largest absolute Gasteiger partial charge is 0.493 e. The number of carbonyl (C=O) groups is 1. The first-order valence-electron chi connectivity index (χ1n) is 9.51. The maximum atomic E-state index is 12.7. The van der Waals surface area contributed by atoms with E-state index in [1.807, 2.05) is 55.5 Å². The van der Waals surface area contributed by atoms with Gasteiger partial charge in [-0.15, -0.1) is 0 Å². The Morgan fingerprint density at radius 3 is 2.60 bits per heavy atom. The van der Waals surface area contributed by atoms with Crippen molar-refractivity contribution in [2.24, 2.45) is 0 Å². The minimum atomic E-state index is -0.163. The van der Waals surface area contributed by atoms with E-state index in [1.54, 1.807) is 31.0 Å². The molecule has 0 spiro atoms. The van der Waals surface area contributed by atoms with Crippen LogP contribution < -0.4 is 14.8 Å². The fourth-order valence-corrected chi connectivity index (χ4v) is 3.30. The topological polar surface area (TPSA) is 78.3 Å². The maximum absolute atomic E-state index is 12.7. The molecular weight excluding hydrogens is 380 g/mol. The average Bonchev–Trinajstić information content (AvgIpc) is 3.12. The van der Waals surface area contributed by atoms with Gasteiger partial charge in [-0.2, -0.15) is 9.78 Å². The van der Waals surface area contributed by atoms with Gasteiger partial charge in [0.15, 0.2) is 17.3 Å². The number of benzene rings is 2. The fourth-order valence-electron chi connectivity index (χ4n) is 3.30. The molecule has 0 aliphatic carbocycles. The molecule has 0 saturated carbocycles. The Balaban J connectivity index is 1.57. The Morgan fingerprint density at radius 2 is 1.80 bits per heavy atom. The van der Waals surface area contributed by atoms with Gasteiger partial charge in [-0.25, -0.2) is 4.98 Å². The second-order valence-corrected chi connectivity index (χ2v) is 6.86. The van der Waals surface area contributed by atoms with E-state index in [2.05, 4.69) is 15.4 Å². The van der Waals surface area contributed by atoms with Gasteiger partial charge in [0, 0.05) is 11.5 Å². The number of fused-ring (bicyclic) bond motifs is 1. The molecule has 0 unspecified atom stereocenters. The van der Waals surface area contributed by atoms with Crippen LogP contribution in [0.1, 0.15) is 11.3 Å². The molecule has 152 valence electrons. The van der Waals surface area contributed by atoms with Crippen LogP contribution in [0.3, 0.4) is 0 Å². The van der Waals surface area contributed by atoms with Crippen molar-refractivity contribution in [1.29, 1.82) is 0 Å². The first-order valence-corrected chi connectivity index (χ1v) is 9.51. The molecule has 4 aromatic rings. The SMILES string of the molecule is COc1ccc(CC(=O)Nc2cc(C)nn2-c2ccc3ccccc3n2)cc1OC. The summed E-state index contributed by atoms with van der Waals surface area (Å²) in [5.41, 5.74) is 2.47. The number of carbonyl (C=O) groups excluding carboxylic acids is 1. The lowest BCUT2D eigenvalue weighted by molar-refractivity contribution is -0.115. The molecule has 0 atom stereocenters. The summed E-state index contributed by atoms with van der Waals surface area (Å²) in [5.74, 6) is 2.26. The summed E-state index contributed by atoms with van der Waals surface area (Å²) < 4.78 is 12.2. The third-order valence-electron chi connectivity index (χ3n) is 4.71. The average molecular weight is 402 g/mol. The number of methoxy groups -OCH3 is 2. The van der Waals surface area contributed by atoms with E-state index in [1.165, 1.54) is 0 Å². The number of rotatable bonds is 6. The molecule has 2 heterocycles. The number of para-hydroxylation sites is 1. The number of aromatic nitrogens is 3. The van der Waals surface area contributed by atoms with Gasteiger partial charge < -0.3 is 14.8 Å². The Hall–Kier alpha value is -3.87. The molecule has 1 amide bonds. The zero-order valence-corrected chi connectivity index (χ0v) is 17.0. The molecule has 1 N–H and O–H groups in total. The van der Waals surface area contributed by atoms with E-state index in [9.17, 15) is 4.79 Å². The summed E-state index contributed by atoms with van der Waals surface area (Å²) >= 11 is 0. The van der Waals surface area contributed by atoms with Crippen LogP contribution in [0.25, 0.3) is 16.7 Å². The normalized spacial score (nSPS) is 10.8. The van der Waals surface area contributed by atoms with E-state index in [0.717, 1.165) is 22.2 Å². The van der Waals surface area contributed by atoms with Crippen molar-refractivity contribution in [2.75, 3.05) is 19.5 Å². The minimum Gasteiger partial charge on any atom is -0.493 e. The number of amides is 1. The van der Waals surface area contributed by atoms with Gasteiger partial charge in [-0.3, -0.25) is 4.79 Å². The monoisotopic (exact) mass is 402 g/mol. The second kappa shape index (κ2) is 8.24. The molecule has 2 aromatic heterocycles. The fraction of sp³-hybridized carbons (Fsp3) is 0.174. The summed E-state index contributed by atoms with van der Waals surface area (Å²) in [7, 11) is 3.15. The molecule has 0 saturated heterocycles. The number of ether oxygens (including phenoxy) is 2. The zero-order chi connectivity index (χ0) is 21.1. The highest BCUT2D eigenvalue weighted by atomic mass is 16.5. The highest BCUT2D eigenvalue weighted by Crippen LogP contribution is 2.28. The van der Waals surface area contributed by atoms with Crippen molar-refractivity contribution in [3.05, 3.63) is 71.9 Å². The number of aryl methyl sites for hydroxylation is 1. The molecular formula is C23H22N4O3. The summed E-state index contributed by atoms with van der Waals surface area (Å²) in [6.45, 7) is 1.88. The molecule has 4 rings (SSSR count). The number of pyridine rings is 1. The van der Waals surface area contributed by atoms with Gasteiger partial charge in [-0.1, -0.05) is 24.3 Å². The molecule has 7 nitrogen and oxygen atoms in total. The van der Waals surface area contributed by atoms with Gasteiger partial charge >= 0.3 is 0 Å². The van der Waals surface area contributed by atoms with Crippen molar-refractivity contribution in [3.8, 4) is 17.3 Å². The van der Waals surface area contributed by atoms with Crippen molar-refractivity contribution in [2.45, 2.75) is 13.3 Å². The van der Waals surface area contributed by atoms with Gasteiger partial charge in [-0.05, 0) is 42.8 Å². The van der Waals surface area contributed by atoms with Gasteiger partial charge in [0.1, 0.15) is 5.82 Å². The lowest BCUT2D eigenvalue weighted by atomic mass is 10.1. The second-order valence-electron chi connectivity index (χ2n) is 6.86. The molecule has 0 fully saturated rings. The van der Waals surface area contributed by atoms with Crippen LogP contribution in [-0.2, 0) is 11.2 Å². The maximum Gasteiger partial charge on any atom is 0.229 e. The van der Waals surface area contributed by atoms with Crippen LogP contribution in [-0.4, -0.2) is 34.9 Å². The quantitative estimate of drug-likeness (QED) is 0.529. The molecule has 7 heteroatoms. The van der Waals surface area contributed by atoms with Gasteiger partial charge in [0.05, 0.1) is 31.9 Å².